The zero-order valence-electron chi connectivity index (χ0n) is 11.2. The average molecular weight is 228 g/mol. The van der Waals surface area contributed by atoms with Crippen molar-refractivity contribution in [1.29, 1.82) is 0 Å². The molecule has 0 heterocycles. The smallest absolute Gasteiger partial charge is 0.0593 e. The van der Waals surface area contributed by atoms with Crippen LogP contribution in [0.1, 0.15) is 33.1 Å². The van der Waals surface area contributed by atoms with E-state index in [9.17, 15) is 0 Å². The molecule has 1 N–H and O–H groups in total. The lowest BCUT2D eigenvalue weighted by Gasteiger charge is -2.17. The van der Waals surface area contributed by atoms with Crippen molar-refractivity contribution >= 4 is 0 Å². The minimum atomic E-state index is 0.750. The summed E-state index contributed by atoms with van der Waals surface area (Å²) in [5.74, 6) is 0.750. The number of likely N-dealkylation sites (N-methyl/N-ethyl adjacent to an activating group) is 1. The molecule has 0 amide bonds. The fourth-order valence-electron chi connectivity index (χ4n) is 1.50. The van der Waals surface area contributed by atoms with Crippen LogP contribution in [0.25, 0.3) is 0 Å². The van der Waals surface area contributed by atoms with E-state index in [1.807, 2.05) is 0 Å². The van der Waals surface area contributed by atoms with Gasteiger partial charge in [-0.2, -0.15) is 0 Å². The van der Waals surface area contributed by atoms with Crippen molar-refractivity contribution in [3.05, 3.63) is 0 Å². The third-order valence-electron chi connectivity index (χ3n) is 2.96. The molecule has 0 radical (unpaired) electrons. The van der Waals surface area contributed by atoms with Gasteiger partial charge in [-0.15, -0.1) is 0 Å². The Hall–Kier alpha value is -0.120. The van der Waals surface area contributed by atoms with Gasteiger partial charge in [0.1, 0.15) is 0 Å². The van der Waals surface area contributed by atoms with Gasteiger partial charge in [0.25, 0.3) is 0 Å². The fraction of sp³-hybridized carbons (Fsp3) is 1.00. The maximum atomic E-state index is 5.59. The Morgan fingerprint density at radius 3 is 2.62 bits per heavy atom. The third kappa shape index (κ3) is 8.08. The zero-order chi connectivity index (χ0) is 11.8. The van der Waals surface area contributed by atoms with E-state index in [0.29, 0.717) is 0 Å². The molecular formula is C13H28N2O. The van der Waals surface area contributed by atoms with Crippen molar-refractivity contribution in [3.63, 3.8) is 0 Å². The first-order valence-electron chi connectivity index (χ1n) is 6.68. The van der Waals surface area contributed by atoms with Crippen molar-refractivity contribution in [3.8, 4) is 0 Å². The molecule has 0 aromatic rings. The van der Waals surface area contributed by atoms with E-state index in [4.69, 9.17) is 4.74 Å². The van der Waals surface area contributed by atoms with Gasteiger partial charge < -0.3 is 15.0 Å². The molecular weight excluding hydrogens is 200 g/mol. The van der Waals surface area contributed by atoms with Gasteiger partial charge in [-0.1, -0.05) is 13.8 Å². The van der Waals surface area contributed by atoms with Crippen LogP contribution in [-0.4, -0.2) is 50.8 Å². The predicted octanol–water partition coefficient (Wildman–Crippen LogP) is 1.73. The molecule has 1 aliphatic carbocycles. The van der Waals surface area contributed by atoms with Crippen molar-refractivity contribution in [1.82, 2.24) is 10.2 Å². The molecule has 0 unspecified atom stereocenters. The Bertz CT molecular complexity index is 169. The van der Waals surface area contributed by atoms with E-state index < -0.39 is 0 Å². The highest BCUT2D eigenvalue weighted by molar-refractivity contribution is 4.80. The fourth-order valence-corrected chi connectivity index (χ4v) is 1.50. The minimum absolute atomic E-state index is 0.750. The quantitative estimate of drug-likeness (QED) is 0.576. The predicted molar refractivity (Wildman–Crippen MR) is 68.8 cm³/mol. The first kappa shape index (κ1) is 13.9. The summed E-state index contributed by atoms with van der Waals surface area (Å²) >= 11 is 0. The Labute approximate surface area is 101 Å². The summed E-state index contributed by atoms with van der Waals surface area (Å²) in [5.41, 5.74) is 0. The molecule has 0 aromatic heterocycles. The molecule has 0 aromatic carbocycles. The summed E-state index contributed by atoms with van der Waals surface area (Å²) in [6, 6.07) is 0.829. The van der Waals surface area contributed by atoms with Crippen LogP contribution in [0.15, 0.2) is 0 Å². The molecule has 3 heteroatoms. The van der Waals surface area contributed by atoms with Gasteiger partial charge in [-0.05, 0) is 32.2 Å². The molecule has 3 nitrogen and oxygen atoms in total. The lowest BCUT2D eigenvalue weighted by Crippen LogP contribution is -2.32. The summed E-state index contributed by atoms with van der Waals surface area (Å²) in [6.45, 7) is 9.54. The Morgan fingerprint density at radius 2 is 2.00 bits per heavy atom. The van der Waals surface area contributed by atoms with Gasteiger partial charge >= 0.3 is 0 Å². The molecule has 0 atom stereocenters. The number of hydrogen-bond acceptors (Lipinski definition) is 3. The largest absolute Gasteiger partial charge is 0.380 e. The molecule has 16 heavy (non-hydrogen) atoms. The Kier molecular flexibility index (Phi) is 7.01. The van der Waals surface area contributed by atoms with E-state index in [2.05, 4.69) is 31.1 Å². The van der Waals surface area contributed by atoms with Crippen LogP contribution in [0.4, 0.5) is 0 Å². The van der Waals surface area contributed by atoms with Crippen LogP contribution in [0.5, 0.6) is 0 Å². The molecule has 0 aliphatic heterocycles. The Balaban J connectivity index is 1.79. The second-order valence-electron chi connectivity index (χ2n) is 5.33. The highest BCUT2D eigenvalue weighted by Gasteiger charge is 2.19. The van der Waals surface area contributed by atoms with Gasteiger partial charge in [0.2, 0.25) is 0 Å². The lowest BCUT2D eigenvalue weighted by molar-refractivity contribution is 0.103. The normalized spacial score (nSPS) is 16.3. The van der Waals surface area contributed by atoms with Crippen LogP contribution in [0.2, 0.25) is 0 Å². The van der Waals surface area contributed by atoms with Crippen LogP contribution >= 0.6 is 0 Å². The summed E-state index contributed by atoms with van der Waals surface area (Å²) in [6.07, 6.45) is 3.93. The van der Waals surface area contributed by atoms with E-state index >= 15 is 0 Å². The number of rotatable bonds is 10. The summed E-state index contributed by atoms with van der Waals surface area (Å²) in [7, 11) is 2.17. The van der Waals surface area contributed by atoms with Crippen molar-refractivity contribution in [2.75, 3.05) is 39.9 Å². The Morgan fingerprint density at radius 1 is 1.25 bits per heavy atom. The number of ether oxygens (including phenoxy) is 1. The van der Waals surface area contributed by atoms with Gasteiger partial charge in [0, 0.05) is 32.3 Å². The van der Waals surface area contributed by atoms with Crippen LogP contribution in [0.3, 0.4) is 0 Å². The van der Waals surface area contributed by atoms with Crippen molar-refractivity contribution < 1.29 is 4.74 Å². The maximum absolute atomic E-state index is 5.59. The van der Waals surface area contributed by atoms with Gasteiger partial charge in [-0.3, -0.25) is 0 Å². The zero-order valence-corrected chi connectivity index (χ0v) is 11.2. The highest BCUT2D eigenvalue weighted by Crippen LogP contribution is 2.17. The maximum Gasteiger partial charge on any atom is 0.0593 e. The molecule has 1 aliphatic rings. The molecule has 0 saturated heterocycles. The second-order valence-corrected chi connectivity index (χ2v) is 5.33. The van der Waals surface area contributed by atoms with Gasteiger partial charge in [-0.25, -0.2) is 0 Å². The van der Waals surface area contributed by atoms with Gasteiger partial charge in [0.15, 0.2) is 0 Å². The molecule has 0 spiro atoms. The van der Waals surface area contributed by atoms with E-state index in [-0.39, 0.29) is 0 Å². The highest BCUT2D eigenvalue weighted by atomic mass is 16.5. The monoisotopic (exact) mass is 228 g/mol. The number of nitrogens with zero attached hydrogens (tertiary/aromatic N) is 1. The first-order valence-corrected chi connectivity index (χ1v) is 6.68. The minimum Gasteiger partial charge on any atom is -0.380 e. The molecule has 96 valence electrons. The van der Waals surface area contributed by atoms with Crippen molar-refractivity contribution in [2.45, 2.75) is 39.2 Å². The van der Waals surface area contributed by atoms with Gasteiger partial charge in [0.05, 0.1) is 6.61 Å². The first-order chi connectivity index (χ1) is 7.68. The van der Waals surface area contributed by atoms with Crippen LogP contribution in [-0.2, 0) is 4.74 Å². The van der Waals surface area contributed by atoms with E-state index in [0.717, 1.165) is 44.8 Å². The average Bonchev–Trinajstić information content (AvgIpc) is 3.00. The number of nitrogens with one attached hydrogen (secondary N) is 1. The molecule has 1 fully saturated rings. The SMILES string of the molecule is CC(C)CCOCCN(C)CCNC1CC1. The summed E-state index contributed by atoms with van der Waals surface area (Å²) in [5, 5.41) is 3.52. The molecule has 1 saturated carbocycles. The summed E-state index contributed by atoms with van der Waals surface area (Å²) < 4.78 is 5.59. The third-order valence-corrected chi connectivity index (χ3v) is 2.96. The standard InChI is InChI=1S/C13H28N2O/c1-12(2)6-10-16-11-9-15(3)8-7-14-13-4-5-13/h12-14H,4-11H2,1-3H3. The number of hydrogen-bond donors (Lipinski definition) is 1. The van der Waals surface area contributed by atoms with Crippen LogP contribution in [0, 0.1) is 5.92 Å². The van der Waals surface area contributed by atoms with Crippen molar-refractivity contribution in [2.24, 2.45) is 5.92 Å². The topological polar surface area (TPSA) is 24.5 Å². The molecule has 1 rings (SSSR count). The van der Waals surface area contributed by atoms with E-state index in [1.165, 1.54) is 19.3 Å². The molecule has 0 bridgehead atoms. The van der Waals surface area contributed by atoms with E-state index in [1.54, 1.807) is 0 Å². The lowest BCUT2D eigenvalue weighted by atomic mass is 10.1. The second kappa shape index (κ2) is 8.04. The summed E-state index contributed by atoms with van der Waals surface area (Å²) in [4.78, 5) is 2.34. The van der Waals surface area contributed by atoms with Crippen LogP contribution < -0.4 is 5.32 Å².